The van der Waals surface area contributed by atoms with Gasteiger partial charge in [0.05, 0.1) is 11.7 Å². The highest BCUT2D eigenvalue weighted by molar-refractivity contribution is 9.10. The number of amides is 1. The minimum absolute atomic E-state index is 0.0690. The van der Waals surface area contributed by atoms with Crippen molar-refractivity contribution in [3.05, 3.63) is 44.9 Å². The first kappa shape index (κ1) is 16.1. The minimum atomic E-state index is -0.194. The van der Waals surface area contributed by atoms with Crippen molar-refractivity contribution in [2.24, 2.45) is 0 Å². The van der Waals surface area contributed by atoms with Crippen molar-refractivity contribution in [1.82, 2.24) is 14.9 Å². The van der Waals surface area contributed by atoms with Crippen LogP contribution in [-0.2, 0) is 5.41 Å². The molecule has 0 bridgehead atoms. The first-order chi connectivity index (χ1) is 9.79. The molecule has 1 aromatic heterocycles. The molecule has 0 fully saturated rings. The van der Waals surface area contributed by atoms with Crippen LogP contribution in [0.2, 0.25) is 0 Å². The maximum absolute atomic E-state index is 12.4. The van der Waals surface area contributed by atoms with Crippen LogP contribution >= 0.6 is 27.5 Å². The molecule has 0 aliphatic heterocycles. The van der Waals surface area contributed by atoms with E-state index in [0.717, 1.165) is 27.3 Å². The number of carbonyl (C=O) groups is 1. The van der Waals surface area contributed by atoms with Crippen LogP contribution in [0.4, 0.5) is 0 Å². The van der Waals surface area contributed by atoms with Crippen LogP contribution in [0.3, 0.4) is 0 Å². The molecule has 1 atom stereocenters. The predicted molar refractivity (Wildman–Crippen MR) is 88.6 cm³/mol. The van der Waals surface area contributed by atoms with Gasteiger partial charge >= 0.3 is 0 Å². The number of rotatable bonds is 3. The van der Waals surface area contributed by atoms with Crippen LogP contribution in [0.5, 0.6) is 0 Å². The summed E-state index contributed by atoms with van der Waals surface area (Å²) in [7, 11) is 0. The van der Waals surface area contributed by atoms with Gasteiger partial charge in [-0.05, 0) is 36.2 Å². The molecule has 21 heavy (non-hydrogen) atoms. The van der Waals surface area contributed by atoms with Gasteiger partial charge in [0.15, 0.2) is 0 Å². The zero-order valence-corrected chi connectivity index (χ0v) is 14.9. The third kappa shape index (κ3) is 3.89. The number of halogens is 1. The standard InChI is InChI=1S/C15H18BrN3OS/c1-9(10-5-7-11(16)8-6-10)17-14(20)12-13(15(2,3)4)18-19-21-12/h5-9H,1-4H3,(H,17,20). The highest BCUT2D eigenvalue weighted by Crippen LogP contribution is 2.26. The summed E-state index contributed by atoms with van der Waals surface area (Å²) in [5.41, 5.74) is 1.61. The second-order valence-corrected chi connectivity index (χ2v) is 7.62. The van der Waals surface area contributed by atoms with Crippen LogP contribution in [-0.4, -0.2) is 15.5 Å². The second-order valence-electron chi connectivity index (χ2n) is 5.95. The van der Waals surface area contributed by atoms with Gasteiger partial charge in [-0.15, -0.1) is 5.10 Å². The molecule has 6 heteroatoms. The molecule has 0 saturated heterocycles. The summed E-state index contributed by atoms with van der Waals surface area (Å²) in [6.45, 7) is 8.04. The summed E-state index contributed by atoms with van der Waals surface area (Å²) in [4.78, 5) is 13.0. The fraction of sp³-hybridized carbons (Fsp3) is 0.400. The van der Waals surface area contributed by atoms with Crippen LogP contribution in [0, 0.1) is 0 Å². The summed E-state index contributed by atoms with van der Waals surface area (Å²) >= 11 is 4.55. The van der Waals surface area contributed by atoms with Crippen LogP contribution in [0.25, 0.3) is 0 Å². The Hall–Kier alpha value is -1.27. The molecule has 0 radical (unpaired) electrons. The van der Waals surface area contributed by atoms with E-state index < -0.39 is 0 Å². The van der Waals surface area contributed by atoms with Gasteiger partial charge in [-0.3, -0.25) is 4.79 Å². The van der Waals surface area contributed by atoms with E-state index in [9.17, 15) is 4.79 Å². The molecule has 0 spiro atoms. The van der Waals surface area contributed by atoms with Gasteiger partial charge in [0.1, 0.15) is 4.88 Å². The van der Waals surface area contributed by atoms with Gasteiger partial charge in [-0.25, -0.2) is 0 Å². The molecule has 1 unspecified atom stereocenters. The molecule has 1 heterocycles. The van der Waals surface area contributed by atoms with E-state index in [1.54, 1.807) is 0 Å². The Morgan fingerprint density at radius 3 is 2.48 bits per heavy atom. The lowest BCUT2D eigenvalue weighted by atomic mass is 9.91. The average molecular weight is 368 g/mol. The molecular formula is C15H18BrN3OS. The zero-order chi connectivity index (χ0) is 15.6. The lowest BCUT2D eigenvalue weighted by Crippen LogP contribution is -2.28. The molecule has 0 saturated carbocycles. The van der Waals surface area contributed by atoms with E-state index >= 15 is 0 Å². The Kier molecular flexibility index (Phi) is 4.78. The SMILES string of the molecule is CC(NC(=O)c1snnc1C(C)(C)C)c1ccc(Br)cc1. The quantitative estimate of drug-likeness (QED) is 0.888. The molecule has 2 aromatic rings. The largest absolute Gasteiger partial charge is 0.345 e. The van der Waals surface area contributed by atoms with E-state index in [0.29, 0.717) is 4.88 Å². The summed E-state index contributed by atoms with van der Waals surface area (Å²) in [5.74, 6) is -0.120. The summed E-state index contributed by atoms with van der Waals surface area (Å²) in [6.07, 6.45) is 0. The Labute approximate surface area is 137 Å². The number of nitrogens with zero attached hydrogens (tertiary/aromatic N) is 2. The second kappa shape index (κ2) is 6.23. The van der Waals surface area contributed by atoms with E-state index in [1.807, 2.05) is 52.0 Å². The molecule has 2 rings (SSSR count). The van der Waals surface area contributed by atoms with Crippen LogP contribution in [0.15, 0.2) is 28.7 Å². The third-order valence-corrected chi connectivity index (χ3v) is 4.38. The van der Waals surface area contributed by atoms with Crippen molar-refractivity contribution in [2.75, 3.05) is 0 Å². The van der Waals surface area contributed by atoms with E-state index in [-0.39, 0.29) is 17.4 Å². The lowest BCUT2D eigenvalue weighted by Gasteiger charge is -2.18. The van der Waals surface area contributed by atoms with Gasteiger partial charge in [0.2, 0.25) is 0 Å². The Morgan fingerprint density at radius 1 is 1.29 bits per heavy atom. The molecular weight excluding hydrogens is 350 g/mol. The van der Waals surface area contributed by atoms with E-state index in [4.69, 9.17) is 0 Å². The zero-order valence-electron chi connectivity index (χ0n) is 12.5. The molecule has 1 amide bonds. The third-order valence-electron chi connectivity index (χ3n) is 3.12. The van der Waals surface area contributed by atoms with E-state index in [1.165, 1.54) is 0 Å². The van der Waals surface area contributed by atoms with Gasteiger partial charge in [0, 0.05) is 9.89 Å². The predicted octanol–water partition coefficient (Wildman–Crippen LogP) is 4.09. The van der Waals surface area contributed by atoms with Crippen molar-refractivity contribution < 1.29 is 4.79 Å². The average Bonchev–Trinajstić information content (AvgIpc) is 2.88. The lowest BCUT2D eigenvalue weighted by molar-refractivity contribution is 0.0941. The van der Waals surface area contributed by atoms with Crippen molar-refractivity contribution in [3.8, 4) is 0 Å². The number of carbonyl (C=O) groups excluding carboxylic acids is 1. The Balaban J connectivity index is 2.15. The molecule has 1 N–H and O–H groups in total. The summed E-state index contributed by atoms with van der Waals surface area (Å²) in [6, 6.07) is 7.84. The van der Waals surface area contributed by atoms with Crippen molar-refractivity contribution in [2.45, 2.75) is 39.2 Å². The first-order valence-electron chi connectivity index (χ1n) is 6.68. The topological polar surface area (TPSA) is 54.9 Å². The van der Waals surface area contributed by atoms with Crippen molar-refractivity contribution >= 4 is 33.4 Å². The van der Waals surface area contributed by atoms with Gasteiger partial charge in [-0.2, -0.15) is 0 Å². The molecule has 0 aliphatic carbocycles. The smallest absolute Gasteiger partial charge is 0.265 e. The highest BCUT2D eigenvalue weighted by Gasteiger charge is 2.26. The Bertz CT molecular complexity index is 631. The van der Waals surface area contributed by atoms with Crippen LogP contribution in [0.1, 0.15) is 54.7 Å². The number of aromatic nitrogens is 2. The van der Waals surface area contributed by atoms with Gasteiger partial charge in [0.25, 0.3) is 5.91 Å². The monoisotopic (exact) mass is 367 g/mol. The number of hydrogen-bond donors (Lipinski definition) is 1. The van der Waals surface area contributed by atoms with Gasteiger partial charge < -0.3 is 5.32 Å². The summed E-state index contributed by atoms with van der Waals surface area (Å²) in [5, 5.41) is 7.11. The van der Waals surface area contributed by atoms with Crippen molar-refractivity contribution in [3.63, 3.8) is 0 Å². The molecule has 0 aliphatic rings. The normalized spacial score (nSPS) is 13.0. The van der Waals surface area contributed by atoms with Crippen molar-refractivity contribution in [1.29, 1.82) is 0 Å². The first-order valence-corrected chi connectivity index (χ1v) is 8.25. The number of hydrogen-bond acceptors (Lipinski definition) is 4. The maximum Gasteiger partial charge on any atom is 0.265 e. The fourth-order valence-electron chi connectivity index (χ4n) is 1.93. The maximum atomic E-state index is 12.4. The highest BCUT2D eigenvalue weighted by atomic mass is 79.9. The number of benzene rings is 1. The summed E-state index contributed by atoms with van der Waals surface area (Å²) < 4.78 is 4.95. The molecule has 1 aromatic carbocycles. The number of nitrogens with one attached hydrogen (secondary N) is 1. The van der Waals surface area contributed by atoms with E-state index in [2.05, 4.69) is 30.8 Å². The molecule has 112 valence electrons. The van der Waals surface area contributed by atoms with Gasteiger partial charge in [-0.1, -0.05) is 53.3 Å². The minimum Gasteiger partial charge on any atom is -0.345 e. The Morgan fingerprint density at radius 2 is 1.90 bits per heavy atom. The fourth-order valence-corrected chi connectivity index (χ4v) is 2.97. The molecule has 4 nitrogen and oxygen atoms in total. The van der Waals surface area contributed by atoms with Crippen LogP contribution < -0.4 is 5.32 Å².